The molecule has 156 valence electrons. The predicted octanol–water partition coefficient (Wildman–Crippen LogP) is 3.25. The van der Waals surface area contributed by atoms with Gasteiger partial charge in [0.1, 0.15) is 10.7 Å². The SMILES string of the molecule is CCN(CCO)C(=O)c1nc2c3c4c(sc3nc(C)n2n1)C[C@H](C(C)(C)C)CC4. The van der Waals surface area contributed by atoms with Crippen LogP contribution in [0.15, 0.2) is 0 Å². The molecule has 1 amide bonds. The lowest BCUT2D eigenvalue weighted by Crippen LogP contribution is -2.34. The second-order valence-electron chi connectivity index (χ2n) is 8.93. The van der Waals surface area contributed by atoms with E-state index in [1.807, 2.05) is 13.8 Å². The molecule has 0 unspecified atom stereocenters. The van der Waals surface area contributed by atoms with Gasteiger partial charge in [0.05, 0.1) is 12.0 Å². The summed E-state index contributed by atoms with van der Waals surface area (Å²) in [5, 5.41) is 14.7. The molecule has 3 aromatic rings. The molecule has 1 atom stereocenters. The maximum atomic E-state index is 12.8. The fraction of sp³-hybridized carbons (Fsp3) is 0.619. The summed E-state index contributed by atoms with van der Waals surface area (Å²) in [4.78, 5) is 26.2. The molecule has 0 saturated heterocycles. The molecule has 8 heteroatoms. The number of aryl methyl sites for hydroxylation is 2. The number of carbonyl (C=O) groups excluding carboxylic acids is 1. The standard InChI is InChI=1S/C21H29N5O2S/c1-6-25(9-10-27)20(28)17-23-18-16-14-8-7-13(21(3,4)5)11-15(14)29-19(16)22-12(2)26(18)24-17/h13,27H,6-11H2,1-5H3/t13-/m1/s1. The number of rotatable bonds is 4. The van der Waals surface area contributed by atoms with Crippen LogP contribution < -0.4 is 0 Å². The van der Waals surface area contributed by atoms with Gasteiger partial charge in [0.25, 0.3) is 5.91 Å². The lowest BCUT2D eigenvalue weighted by molar-refractivity contribution is 0.0720. The van der Waals surface area contributed by atoms with Crippen molar-refractivity contribution in [3.8, 4) is 0 Å². The molecule has 3 heterocycles. The maximum Gasteiger partial charge on any atom is 0.293 e. The van der Waals surface area contributed by atoms with Gasteiger partial charge in [-0.05, 0) is 50.0 Å². The van der Waals surface area contributed by atoms with Gasteiger partial charge in [0.2, 0.25) is 5.82 Å². The number of aliphatic hydroxyl groups is 1. The van der Waals surface area contributed by atoms with E-state index in [-0.39, 0.29) is 30.3 Å². The summed E-state index contributed by atoms with van der Waals surface area (Å²) in [6.07, 6.45) is 3.24. The number of aliphatic hydroxyl groups excluding tert-OH is 1. The Kier molecular flexibility index (Phi) is 5.11. The molecular weight excluding hydrogens is 386 g/mol. The Morgan fingerprint density at radius 2 is 2.10 bits per heavy atom. The molecular formula is C21H29N5O2S. The van der Waals surface area contributed by atoms with Gasteiger partial charge in [-0.15, -0.1) is 16.4 Å². The number of hydrogen-bond acceptors (Lipinski definition) is 6. The highest BCUT2D eigenvalue weighted by atomic mass is 32.1. The zero-order valence-corrected chi connectivity index (χ0v) is 18.6. The first-order chi connectivity index (χ1) is 13.7. The van der Waals surface area contributed by atoms with E-state index in [4.69, 9.17) is 4.98 Å². The summed E-state index contributed by atoms with van der Waals surface area (Å²) in [6, 6.07) is 0. The maximum absolute atomic E-state index is 12.8. The van der Waals surface area contributed by atoms with Crippen LogP contribution in [0.25, 0.3) is 15.9 Å². The van der Waals surface area contributed by atoms with Gasteiger partial charge in [0, 0.05) is 18.0 Å². The van der Waals surface area contributed by atoms with Gasteiger partial charge in [-0.3, -0.25) is 4.79 Å². The Labute approximate surface area is 174 Å². The molecule has 1 N–H and O–H groups in total. The summed E-state index contributed by atoms with van der Waals surface area (Å²) in [6.45, 7) is 11.4. The van der Waals surface area contributed by atoms with Gasteiger partial charge < -0.3 is 10.0 Å². The van der Waals surface area contributed by atoms with Crippen molar-refractivity contribution in [3.63, 3.8) is 0 Å². The van der Waals surface area contributed by atoms with E-state index in [0.717, 1.165) is 41.0 Å². The molecule has 0 aromatic carbocycles. The summed E-state index contributed by atoms with van der Waals surface area (Å²) < 4.78 is 1.70. The van der Waals surface area contributed by atoms with E-state index < -0.39 is 0 Å². The first kappa shape index (κ1) is 20.2. The highest BCUT2D eigenvalue weighted by Crippen LogP contribution is 2.43. The summed E-state index contributed by atoms with van der Waals surface area (Å²) >= 11 is 1.76. The zero-order valence-electron chi connectivity index (χ0n) is 17.8. The monoisotopic (exact) mass is 415 g/mol. The van der Waals surface area contributed by atoms with Gasteiger partial charge in [0.15, 0.2) is 5.65 Å². The number of likely N-dealkylation sites (N-methyl/N-ethyl adjacent to an activating group) is 1. The highest BCUT2D eigenvalue weighted by Gasteiger charge is 2.32. The van der Waals surface area contributed by atoms with Crippen LogP contribution in [0, 0.1) is 18.3 Å². The Bertz CT molecular complexity index is 1080. The van der Waals surface area contributed by atoms with Crippen LogP contribution >= 0.6 is 11.3 Å². The topological polar surface area (TPSA) is 83.6 Å². The van der Waals surface area contributed by atoms with Gasteiger partial charge in [-0.1, -0.05) is 20.8 Å². The fourth-order valence-electron chi connectivity index (χ4n) is 4.27. The van der Waals surface area contributed by atoms with E-state index in [1.54, 1.807) is 20.8 Å². The van der Waals surface area contributed by atoms with E-state index >= 15 is 0 Å². The average molecular weight is 416 g/mol. The Morgan fingerprint density at radius 1 is 1.34 bits per heavy atom. The number of fused-ring (bicyclic) bond motifs is 5. The zero-order chi connectivity index (χ0) is 20.9. The largest absolute Gasteiger partial charge is 0.395 e. The number of aromatic nitrogens is 4. The molecule has 29 heavy (non-hydrogen) atoms. The van der Waals surface area contributed by atoms with E-state index in [9.17, 15) is 9.90 Å². The van der Waals surface area contributed by atoms with Crippen LogP contribution in [0.2, 0.25) is 0 Å². The third-order valence-electron chi connectivity index (χ3n) is 6.10. The van der Waals surface area contributed by atoms with Crippen LogP contribution in [0.4, 0.5) is 0 Å². The van der Waals surface area contributed by atoms with Gasteiger partial charge in [-0.2, -0.15) is 4.52 Å². The molecule has 1 aliphatic rings. The quantitative estimate of drug-likeness (QED) is 0.707. The Morgan fingerprint density at radius 3 is 2.76 bits per heavy atom. The summed E-state index contributed by atoms with van der Waals surface area (Å²) in [5.41, 5.74) is 2.34. The van der Waals surface area contributed by atoms with Crippen molar-refractivity contribution in [2.24, 2.45) is 11.3 Å². The molecule has 0 spiro atoms. The molecule has 0 aliphatic heterocycles. The minimum atomic E-state index is -0.255. The van der Waals surface area contributed by atoms with E-state index in [2.05, 4.69) is 30.9 Å². The van der Waals surface area contributed by atoms with E-state index in [0.29, 0.717) is 12.5 Å². The smallest absolute Gasteiger partial charge is 0.293 e. The van der Waals surface area contributed by atoms with Crippen molar-refractivity contribution in [2.75, 3.05) is 19.7 Å². The van der Waals surface area contributed by atoms with Crippen LogP contribution in [0.5, 0.6) is 0 Å². The molecule has 3 aromatic heterocycles. The first-order valence-corrected chi connectivity index (χ1v) is 11.1. The minimum Gasteiger partial charge on any atom is -0.395 e. The van der Waals surface area contributed by atoms with Crippen LogP contribution in [-0.4, -0.2) is 55.2 Å². The van der Waals surface area contributed by atoms with Crippen LogP contribution in [-0.2, 0) is 12.8 Å². The van der Waals surface area contributed by atoms with Crippen LogP contribution in [0.1, 0.15) is 61.0 Å². The lowest BCUT2D eigenvalue weighted by atomic mass is 9.72. The number of nitrogens with zero attached hydrogens (tertiary/aromatic N) is 5. The number of thiophene rings is 1. The van der Waals surface area contributed by atoms with Crippen molar-refractivity contribution in [1.82, 2.24) is 24.5 Å². The van der Waals surface area contributed by atoms with Gasteiger partial charge >= 0.3 is 0 Å². The van der Waals surface area contributed by atoms with Crippen molar-refractivity contribution in [1.29, 1.82) is 0 Å². The average Bonchev–Trinajstić information content (AvgIpc) is 3.25. The molecule has 1 aliphatic carbocycles. The van der Waals surface area contributed by atoms with Crippen molar-refractivity contribution in [2.45, 2.75) is 53.9 Å². The van der Waals surface area contributed by atoms with Crippen molar-refractivity contribution < 1.29 is 9.90 Å². The third kappa shape index (κ3) is 3.42. The van der Waals surface area contributed by atoms with Gasteiger partial charge in [-0.25, -0.2) is 9.97 Å². The molecule has 4 rings (SSSR count). The Hall–Kier alpha value is -2.06. The molecule has 0 bridgehead atoms. The first-order valence-electron chi connectivity index (χ1n) is 10.3. The predicted molar refractivity (Wildman–Crippen MR) is 115 cm³/mol. The molecule has 0 saturated carbocycles. The number of amides is 1. The summed E-state index contributed by atoms with van der Waals surface area (Å²) in [7, 11) is 0. The second kappa shape index (κ2) is 7.32. The highest BCUT2D eigenvalue weighted by molar-refractivity contribution is 7.19. The fourth-order valence-corrected chi connectivity index (χ4v) is 5.61. The lowest BCUT2D eigenvalue weighted by Gasteiger charge is -2.33. The molecule has 0 fully saturated rings. The van der Waals surface area contributed by atoms with Crippen molar-refractivity contribution in [3.05, 3.63) is 22.1 Å². The summed E-state index contributed by atoms with van der Waals surface area (Å²) in [5.74, 6) is 1.30. The normalized spacial score (nSPS) is 17.1. The number of carbonyl (C=O) groups is 1. The second-order valence-corrected chi connectivity index (χ2v) is 10.0. The Balaban J connectivity index is 1.83. The van der Waals surface area contributed by atoms with E-state index in [1.165, 1.54) is 10.4 Å². The molecule has 0 radical (unpaired) electrons. The minimum absolute atomic E-state index is 0.0786. The molecule has 7 nitrogen and oxygen atoms in total. The third-order valence-corrected chi connectivity index (χ3v) is 7.25. The van der Waals surface area contributed by atoms with Crippen molar-refractivity contribution >= 4 is 33.1 Å². The van der Waals surface area contributed by atoms with Crippen LogP contribution in [0.3, 0.4) is 0 Å². The number of hydrogen-bond donors (Lipinski definition) is 1.